The van der Waals surface area contributed by atoms with Crippen LogP contribution in [0, 0.1) is 6.92 Å². The van der Waals surface area contributed by atoms with Crippen molar-refractivity contribution in [2.24, 2.45) is 0 Å². The quantitative estimate of drug-likeness (QED) is 0.695. The van der Waals surface area contributed by atoms with Crippen LogP contribution >= 0.6 is 39.1 Å². The molecule has 0 atom stereocenters. The van der Waals surface area contributed by atoms with E-state index in [0.29, 0.717) is 21.4 Å². The van der Waals surface area contributed by atoms with Gasteiger partial charge >= 0.3 is 6.03 Å². The summed E-state index contributed by atoms with van der Waals surface area (Å²) in [6, 6.07) is 10.1. The molecule has 2 aromatic rings. The number of carbonyl (C=O) groups is 1. The van der Waals surface area contributed by atoms with Crippen LogP contribution in [-0.2, 0) is 0 Å². The van der Waals surface area contributed by atoms with Gasteiger partial charge in [0.05, 0.1) is 5.69 Å². The summed E-state index contributed by atoms with van der Waals surface area (Å²) < 4.78 is 0.749. The number of aryl methyl sites for hydroxylation is 1. The largest absolute Gasteiger partial charge is 0.323 e. The van der Waals surface area contributed by atoms with Crippen molar-refractivity contribution in [2.45, 2.75) is 6.92 Å². The lowest BCUT2D eigenvalue weighted by atomic mass is 10.2. The Kier molecular flexibility index (Phi) is 4.91. The topological polar surface area (TPSA) is 41.1 Å². The summed E-state index contributed by atoms with van der Waals surface area (Å²) in [4.78, 5) is 11.9. The number of nitrogens with one attached hydrogen (secondary N) is 2. The molecule has 6 heteroatoms. The lowest BCUT2D eigenvalue weighted by Gasteiger charge is -2.10. The Labute approximate surface area is 135 Å². The summed E-state index contributed by atoms with van der Waals surface area (Å²) in [5, 5.41) is 6.56. The molecule has 0 aliphatic rings. The minimum atomic E-state index is -0.368. The van der Waals surface area contributed by atoms with Crippen LogP contribution in [-0.4, -0.2) is 6.03 Å². The zero-order valence-corrected chi connectivity index (χ0v) is 13.6. The van der Waals surface area contributed by atoms with Gasteiger partial charge in [-0.1, -0.05) is 29.3 Å². The molecular weight excluding hydrogens is 363 g/mol. The molecule has 0 bridgehead atoms. The smallest absolute Gasteiger partial charge is 0.308 e. The first kappa shape index (κ1) is 15.2. The lowest BCUT2D eigenvalue weighted by Crippen LogP contribution is -2.19. The average molecular weight is 374 g/mol. The fourth-order valence-electron chi connectivity index (χ4n) is 1.55. The molecule has 0 unspecified atom stereocenters. The van der Waals surface area contributed by atoms with E-state index in [4.69, 9.17) is 23.2 Å². The van der Waals surface area contributed by atoms with Gasteiger partial charge in [-0.05, 0) is 58.7 Å². The summed E-state index contributed by atoms with van der Waals surface area (Å²) >= 11 is 15.2. The molecule has 0 saturated heterocycles. The second kappa shape index (κ2) is 6.48. The minimum absolute atomic E-state index is 0.368. The summed E-state index contributed by atoms with van der Waals surface area (Å²) in [7, 11) is 0. The Morgan fingerprint density at radius 1 is 1.10 bits per heavy atom. The molecule has 0 heterocycles. The van der Waals surface area contributed by atoms with Crippen LogP contribution < -0.4 is 10.6 Å². The number of carbonyl (C=O) groups excluding carboxylic acids is 1. The molecule has 2 rings (SSSR count). The number of hydrogen-bond acceptors (Lipinski definition) is 1. The van der Waals surface area contributed by atoms with Crippen molar-refractivity contribution < 1.29 is 4.79 Å². The fourth-order valence-corrected chi connectivity index (χ4v) is 2.25. The van der Waals surface area contributed by atoms with E-state index in [9.17, 15) is 4.79 Å². The first-order chi connectivity index (χ1) is 9.45. The van der Waals surface area contributed by atoms with Gasteiger partial charge in [-0.2, -0.15) is 0 Å². The summed E-state index contributed by atoms with van der Waals surface area (Å²) in [6.07, 6.45) is 0. The van der Waals surface area contributed by atoms with Gasteiger partial charge < -0.3 is 10.6 Å². The molecule has 3 nitrogen and oxygen atoms in total. The highest BCUT2D eigenvalue weighted by Crippen LogP contribution is 2.26. The average Bonchev–Trinajstić information content (AvgIpc) is 2.38. The van der Waals surface area contributed by atoms with Crippen molar-refractivity contribution in [1.82, 2.24) is 0 Å². The monoisotopic (exact) mass is 372 g/mol. The van der Waals surface area contributed by atoms with E-state index in [1.165, 1.54) is 0 Å². The molecule has 0 saturated carbocycles. The van der Waals surface area contributed by atoms with Gasteiger partial charge in [0.15, 0.2) is 0 Å². The van der Waals surface area contributed by atoms with Gasteiger partial charge in [0.2, 0.25) is 0 Å². The number of benzene rings is 2. The highest BCUT2D eigenvalue weighted by molar-refractivity contribution is 9.10. The maximum Gasteiger partial charge on any atom is 0.323 e. The van der Waals surface area contributed by atoms with E-state index in [1.807, 2.05) is 13.0 Å². The maximum atomic E-state index is 11.9. The van der Waals surface area contributed by atoms with Crippen LogP contribution in [0.3, 0.4) is 0 Å². The molecule has 0 aromatic heterocycles. The lowest BCUT2D eigenvalue weighted by molar-refractivity contribution is 0.262. The number of amides is 2. The van der Waals surface area contributed by atoms with E-state index in [1.54, 1.807) is 30.3 Å². The zero-order valence-electron chi connectivity index (χ0n) is 10.5. The first-order valence-corrected chi connectivity index (χ1v) is 7.30. The molecule has 0 aliphatic carbocycles. The highest BCUT2D eigenvalue weighted by Gasteiger charge is 2.07. The second-order valence-electron chi connectivity index (χ2n) is 4.17. The Morgan fingerprint density at radius 2 is 1.85 bits per heavy atom. The minimum Gasteiger partial charge on any atom is -0.308 e. The summed E-state index contributed by atoms with van der Waals surface area (Å²) in [6.45, 7) is 1.90. The van der Waals surface area contributed by atoms with Crippen LogP contribution in [0.1, 0.15) is 5.56 Å². The molecule has 2 aromatic carbocycles. The van der Waals surface area contributed by atoms with Crippen LogP contribution in [0.5, 0.6) is 0 Å². The number of urea groups is 1. The molecular formula is C14H11BrCl2N2O. The Balaban J connectivity index is 2.09. The van der Waals surface area contributed by atoms with Gasteiger partial charge in [0.1, 0.15) is 0 Å². The van der Waals surface area contributed by atoms with E-state index in [-0.39, 0.29) is 6.03 Å². The number of halogens is 3. The number of anilines is 2. The summed E-state index contributed by atoms with van der Waals surface area (Å²) in [5.41, 5.74) is 2.17. The summed E-state index contributed by atoms with van der Waals surface area (Å²) in [5.74, 6) is 0. The van der Waals surface area contributed by atoms with E-state index in [0.717, 1.165) is 10.0 Å². The molecule has 2 amide bonds. The van der Waals surface area contributed by atoms with Gasteiger partial charge in [-0.25, -0.2) is 4.79 Å². The van der Waals surface area contributed by atoms with Crippen molar-refractivity contribution in [1.29, 1.82) is 0 Å². The van der Waals surface area contributed by atoms with Crippen molar-refractivity contribution in [3.05, 3.63) is 56.5 Å². The van der Waals surface area contributed by atoms with Crippen LogP contribution in [0.2, 0.25) is 10.0 Å². The number of hydrogen-bond donors (Lipinski definition) is 2. The van der Waals surface area contributed by atoms with Crippen LogP contribution in [0.25, 0.3) is 0 Å². The maximum absolute atomic E-state index is 11.9. The Morgan fingerprint density at radius 3 is 2.55 bits per heavy atom. The standard InChI is InChI=1S/C14H11BrCl2N2O/c1-8-2-4-10(7-12(8)17)18-14(20)19-13-6-9(16)3-5-11(13)15/h2-7H,1H3,(H2,18,19,20). The predicted molar refractivity (Wildman–Crippen MR) is 88.0 cm³/mol. The third-order valence-corrected chi connectivity index (χ3v) is 3.94. The number of rotatable bonds is 2. The van der Waals surface area contributed by atoms with Gasteiger partial charge in [0, 0.05) is 20.2 Å². The normalized spacial score (nSPS) is 10.2. The van der Waals surface area contributed by atoms with Crippen molar-refractivity contribution in [2.75, 3.05) is 10.6 Å². The molecule has 0 radical (unpaired) electrons. The molecule has 0 aliphatic heterocycles. The zero-order chi connectivity index (χ0) is 14.7. The van der Waals surface area contributed by atoms with Crippen molar-refractivity contribution in [3.8, 4) is 0 Å². The third kappa shape index (κ3) is 3.88. The SMILES string of the molecule is Cc1ccc(NC(=O)Nc2cc(Cl)ccc2Br)cc1Cl. The molecule has 0 fully saturated rings. The van der Waals surface area contributed by atoms with Crippen molar-refractivity contribution >= 4 is 56.5 Å². The molecule has 20 heavy (non-hydrogen) atoms. The van der Waals surface area contributed by atoms with E-state index < -0.39 is 0 Å². The molecule has 104 valence electrons. The third-order valence-electron chi connectivity index (χ3n) is 2.61. The molecule has 2 N–H and O–H groups in total. The highest BCUT2D eigenvalue weighted by atomic mass is 79.9. The fraction of sp³-hybridized carbons (Fsp3) is 0.0714. The van der Waals surface area contributed by atoms with Gasteiger partial charge in [-0.3, -0.25) is 0 Å². The first-order valence-electron chi connectivity index (χ1n) is 5.75. The van der Waals surface area contributed by atoms with Crippen LogP contribution in [0.15, 0.2) is 40.9 Å². The Hall–Kier alpha value is -1.23. The second-order valence-corrected chi connectivity index (χ2v) is 5.87. The Bertz CT molecular complexity index is 662. The van der Waals surface area contributed by atoms with Crippen molar-refractivity contribution in [3.63, 3.8) is 0 Å². The molecule has 0 spiro atoms. The van der Waals surface area contributed by atoms with Gasteiger partial charge in [0.25, 0.3) is 0 Å². The van der Waals surface area contributed by atoms with E-state index >= 15 is 0 Å². The predicted octanol–water partition coefficient (Wildman–Crippen LogP) is 5.71. The van der Waals surface area contributed by atoms with E-state index in [2.05, 4.69) is 26.6 Å². The van der Waals surface area contributed by atoms with Crippen LogP contribution in [0.4, 0.5) is 16.2 Å². The van der Waals surface area contributed by atoms with Gasteiger partial charge in [-0.15, -0.1) is 0 Å².